The van der Waals surface area contributed by atoms with E-state index in [9.17, 15) is 0 Å². The summed E-state index contributed by atoms with van der Waals surface area (Å²) in [5, 5.41) is 3.91. The van der Waals surface area contributed by atoms with Crippen molar-refractivity contribution in [2.75, 3.05) is 20.8 Å². The van der Waals surface area contributed by atoms with Crippen molar-refractivity contribution in [3.05, 3.63) is 11.7 Å². The summed E-state index contributed by atoms with van der Waals surface area (Å²) in [6, 6.07) is -0.291. The van der Waals surface area contributed by atoms with Gasteiger partial charge in [-0.3, -0.25) is 0 Å². The monoisotopic (exact) mass is 243 g/mol. The van der Waals surface area contributed by atoms with Crippen LogP contribution in [0.1, 0.15) is 44.1 Å². The van der Waals surface area contributed by atoms with Crippen LogP contribution in [0.2, 0.25) is 0 Å². The SMILES string of the molecule is COCCC(N)c1nc(C(OC)C(C)C)no1. The summed E-state index contributed by atoms with van der Waals surface area (Å²) in [5.41, 5.74) is 5.90. The lowest BCUT2D eigenvalue weighted by Gasteiger charge is -2.14. The van der Waals surface area contributed by atoms with Crippen molar-refractivity contribution in [3.8, 4) is 0 Å². The Morgan fingerprint density at radius 2 is 2.06 bits per heavy atom. The third kappa shape index (κ3) is 3.76. The summed E-state index contributed by atoms with van der Waals surface area (Å²) >= 11 is 0. The molecule has 0 saturated carbocycles. The lowest BCUT2D eigenvalue weighted by molar-refractivity contribution is 0.0555. The third-order valence-electron chi connectivity index (χ3n) is 2.52. The summed E-state index contributed by atoms with van der Waals surface area (Å²) in [7, 11) is 3.26. The van der Waals surface area contributed by atoms with Crippen LogP contribution in [0.25, 0.3) is 0 Å². The van der Waals surface area contributed by atoms with Gasteiger partial charge in [-0.05, 0) is 12.3 Å². The van der Waals surface area contributed by atoms with Gasteiger partial charge in [0.15, 0.2) is 0 Å². The van der Waals surface area contributed by atoms with Crippen molar-refractivity contribution < 1.29 is 14.0 Å². The maximum atomic E-state index is 5.90. The van der Waals surface area contributed by atoms with Crippen molar-refractivity contribution in [2.24, 2.45) is 11.7 Å². The van der Waals surface area contributed by atoms with Crippen molar-refractivity contribution >= 4 is 0 Å². The molecule has 1 aromatic rings. The fraction of sp³-hybridized carbons (Fsp3) is 0.818. The van der Waals surface area contributed by atoms with Crippen LogP contribution in [0, 0.1) is 5.92 Å². The Morgan fingerprint density at radius 3 is 2.59 bits per heavy atom. The van der Waals surface area contributed by atoms with E-state index in [2.05, 4.69) is 10.1 Å². The minimum Gasteiger partial charge on any atom is -0.385 e. The molecule has 0 spiro atoms. The Morgan fingerprint density at radius 1 is 1.35 bits per heavy atom. The summed E-state index contributed by atoms with van der Waals surface area (Å²) in [6.45, 7) is 4.64. The molecule has 2 N–H and O–H groups in total. The van der Waals surface area contributed by atoms with Crippen molar-refractivity contribution in [1.29, 1.82) is 0 Å². The van der Waals surface area contributed by atoms with Gasteiger partial charge in [0, 0.05) is 20.8 Å². The maximum Gasteiger partial charge on any atom is 0.243 e. The number of methoxy groups -OCH3 is 2. The Labute approximate surface area is 101 Å². The molecule has 0 amide bonds. The second-order valence-electron chi connectivity index (χ2n) is 4.28. The molecular formula is C11H21N3O3. The molecule has 6 nitrogen and oxygen atoms in total. The molecule has 1 rings (SSSR count). The van der Waals surface area contributed by atoms with Crippen LogP contribution in [-0.4, -0.2) is 31.0 Å². The summed E-state index contributed by atoms with van der Waals surface area (Å²) in [6.07, 6.45) is 0.486. The molecule has 17 heavy (non-hydrogen) atoms. The van der Waals surface area contributed by atoms with E-state index in [1.165, 1.54) is 0 Å². The molecule has 98 valence electrons. The lowest BCUT2D eigenvalue weighted by atomic mass is 10.1. The highest BCUT2D eigenvalue weighted by Crippen LogP contribution is 2.23. The van der Waals surface area contributed by atoms with Gasteiger partial charge in [0.25, 0.3) is 0 Å². The van der Waals surface area contributed by atoms with Gasteiger partial charge in [-0.15, -0.1) is 0 Å². The molecule has 0 aliphatic rings. The van der Waals surface area contributed by atoms with Gasteiger partial charge in [0.05, 0.1) is 6.04 Å². The van der Waals surface area contributed by atoms with Gasteiger partial charge in [-0.1, -0.05) is 19.0 Å². The number of hydrogen-bond acceptors (Lipinski definition) is 6. The van der Waals surface area contributed by atoms with Crippen LogP contribution in [-0.2, 0) is 9.47 Å². The van der Waals surface area contributed by atoms with Crippen LogP contribution >= 0.6 is 0 Å². The molecular weight excluding hydrogens is 222 g/mol. The first kappa shape index (κ1) is 14.1. The predicted octanol–water partition coefficient (Wildman–Crippen LogP) is 1.45. The van der Waals surface area contributed by atoms with Crippen LogP contribution < -0.4 is 5.73 Å². The van der Waals surface area contributed by atoms with Crippen molar-refractivity contribution in [1.82, 2.24) is 10.1 Å². The first-order valence-corrected chi connectivity index (χ1v) is 5.71. The Hall–Kier alpha value is -0.980. The molecule has 0 aliphatic carbocycles. The zero-order valence-electron chi connectivity index (χ0n) is 10.8. The number of ether oxygens (including phenoxy) is 2. The predicted molar refractivity (Wildman–Crippen MR) is 62.3 cm³/mol. The zero-order chi connectivity index (χ0) is 12.8. The largest absolute Gasteiger partial charge is 0.385 e. The number of rotatable bonds is 7. The van der Waals surface area contributed by atoms with E-state index < -0.39 is 0 Å². The molecule has 0 saturated heterocycles. The molecule has 0 aliphatic heterocycles. The first-order chi connectivity index (χ1) is 8.10. The number of nitrogens with zero attached hydrogens (tertiary/aromatic N) is 2. The van der Waals surface area contributed by atoms with E-state index in [-0.39, 0.29) is 18.1 Å². The van der Waals surface area contributed by atoms with Gasteiger partial charge >= 0.3 is 0 Å². The van der Waals surface area contributed by atoms with E-state index in [0.29, 0.717) is 24.7 Å². The first-order valence-electron chi connectivity index (χ1n) is 5.71. The van der Waals surface area contributed by atoms with E-state index in [1.807, 2.05) is 13.8 Å². The normalized spacial score (nSPS) is 15.2. The van der Waals surface area contributed by atoms with Crippen LogP contribution in [0.5, 0.6) is 0 Å². The van der Waals surface area contributed by atoms with Crippen molar-refractivity contribution in [2.45, 2.75) is 32.4 Å². The molecule has 0 aromatic carbocycles. The van der Waals surface area contributed by atoms with Crippen LogP contribution in [0.15, 0.2) is 4.52 Å². The standard InChI is InChI=1S/C11H21N3O3/c1-7(2)9(16-4)10-13-11(17-14-10)8(12)5-6-15-3/h7-9H,5-6,12H2,1-4H3. The molecule has 1 heterocycles. The highest BCUT2D eigenvalue weighted by atomic mass is 16.5. The van der Waals surface area contributed by atoms with E-state index in [4.69, 9.17) is 19.7 Å². The summed E-state index contributed by atoms with van der Waals surface area (Å²) < 4.78 is 15.4. The Kier molecular flexibility index (Phi) is 5.54. The highest BCUT2D eigenvalue weighted by molar-refractivity contribution is 4.96. The Balaban J connectivity index is 2.69. The van der Waals surface area contributed by atoms with Gasteiger partial charge in [0.1, 0.15) is 6.10 Å². The fourth-order valence-corrected chi connectivity index (χ4v) is 1.56. The average molecular weight is 243 g/mol. The lowest BCUT2D eigenvalue weighted by Crippen LogP contribution is -2.14. The quantitative estimate of drug-likeness (QED) is 0.780. The minimum absolute atomic E-state index is 0.165. The molecule has 2 atom stereocenters. The molecule has 0 fully saturated rings. The summed E-state index contributed by atoms with van der Waals surface area (Å²) in [5.74, 6) is 1.26. The average Bonchev–Trinajstić information content (AvgIpc) is 2.75. The van der Waals surface area contributed by atoms with Gasteiger partial charge in [-0.2, -0.15) is 4.98 Å². The van der Waals surface area contributed by atoms with Gasteiger partial charge in [0.2, 0.25) is 11.7 Å². The van der Waals surface area contributed by atoms with E-state index in [0.717, 1.165) is 0 Å². The minimum atomic E-state index is -0.291. The number of nitrogens with two attached hydrogens (primary N) is 1. The van der Waals surface area contributed by atoms with Crippen molar-refractivity contribution in [3.63, 3.8) is 0 Å². The second-order valence-corrected chi connectivity index (χ2v) is 4.28. The number of aromatic nitrogens is 2. The smallest absolute Gasteiger partial charge is 0.243 e. The Bertz CT molecular complexity index is 328. The molecule has 0 bridgehead atoms. The van der Waals surface area contributed by atoms with Crippen LogP contribution in [0.4, 0.5) is 0 Å². The molecule has 6 heteroatoms. The van der Waals surface area contributed by atoms with Gasteiger partial charge in [-0.25, -0.2) is 0 Å². The maximum absolute atomic E-state index is 5.90. The van der Waals surface area contributed by atoms with Gasteiger partial charge < -0.3 is 19.7 Å². The van der Waals surface area contributed by atoms with Crippen LogP contribution in [0.3, 0.4) is 0 Å². The third-order valence-corrected chi connectivity index (χ3v) is 2.52. The van der Waals surface area contributed by atoms with E-state index in [1.54, 1.807) is 14.2 Å². The fourth-order valence-electron chi connectivity index (χ4n) is 1.56. The second kappa shape index (κ2) is 6.68. The molecule has 1 aromatic heterocycles. The highest BCUT2D eigenvalue weighted by Gasteiger charge is 2.23. The molecule has 2 unspecified atom stereocenters. The summed E-state index contributed by atoms with van der Waals surface area (Å²) in [4.78, 5) is 4.27. The topological polar surface area (TPSA) is 83.4 Å². The zero-order valence-corrected chi connectivity index (χ0v) is 10.8. The number of hydrogen-bond donors (Lipinski definition) is 1. The van der Waals surface area contributed by atoms with E-state index >= 15 is 0 Å². The molecule has 0 radical (unpaired) electrons.